The maximum Gasteiger partial charge on any atom is 0.0372 e. The van der Waals surface area contributed by atoms with Gasteiger partial charge in [-0.2, -0.15) is 0 Å². The summed E-state index contributed by atoms with van der Waals surface area (Å²) < 4.78 is 0. The second-order valence-electron chi connectivity index (χ2n) is 5.20. The highest BCUT2D eigenvalue weighted by atomic mass is 15.2. The van der Waals surface area contributed by atoms with Gasteiger partial charge >= 0.3 is 0 Å². The Hall–Kier alpha value is -1.02. The van der Waals surface area contributed by atoms with Gasteiger partial charge in [-0.25, -0.2) is 0 Å². The lowest BCUT2D eigenvalue weighted by Crippen LogP contribution is -2.39. The first-order chi connectivity index (χ1) is 7.83. The van der Waals surface area contributed by atoms with Gasteiger partial charge in [0, 0.05) is 24.8 Å². The molecule has 3 rings (SSSR count). The number of para-hydroxylation sites is 1. The molecule has 2 heteroatoms. The molecular formula is C14H20N2. The summed E-state index contributed by atoms with van der Waals surface area (Å²) in [5, 5.41) is 3.75. The van der Waals surface area contributed by atoms with Gasteiger partial charge in [0.05, 0.1) is 0 Å². The van der Waals surface area contributed by atoms with Crippen LogP contribution in [0.2, 0.25) is 0 Å². The molecule has 86 valence electrons. The van der Waals surface area contributed by atoms with Crippen LogP contribution >= 0.6 is 0 Å². The molecule has 2 saturated heterocycles. The Morgan fingerprint density at radius 1 is 1.19 bits per heavy atom. The van der Waals surface area contributed by atoms with E-state index in [0.29, 0.717) is 6.04 Å². The van der Waals surface area contributed by atoms with Crippen LogP contribution in [0, 0.1) is 12.8 Å². The number of hydrogen-bond acceptors (Lipinski definition) is 2. The SMILES string of the molecule is Cc1ccccc1NC1CCN2CCC1C2. The lowest BCUT2D eigenvalue weighted by molar-refractivity contribution is 0.255. The summed E-state index contributed by atoms with van der Waals surface area (Å²) >= 11 is 0. The lowest BCUT2D eigenvalue weighted by Gasteiger charge is -2.32. The summed E-state index contributed by atoms with van der Waals surface area (Å²) in [6.07, 6.45) is 2.68. The van der Waals surface area contributed by atoms with Crippen LogP contribution in [0.4, 0.5) is 5.69 Å². The van der Waals surface area contributed by atoms with Crippen molar-refractivity contribution in [3.05, 3.63) is 29.8 Å². The Kier molecular flexibility index (Phi) is 2.60. The second-order valence-corrected chi connectivity index (χ2v) is 5.20. The molecule has 0 amide bonds. The molecule has 0 aliphatic carbocycles. The van der Waals surface area contributed by atoms with E-state index in [1.165, 1.54) is 43.7 Å². The number of hydrogen-bond donors (Lipinski definition) is 1. The average Bonchev–Trinajstić information content (AvgIpc) is 2.68. The number of rotatable bonds is 2. The van der Waals surface area contributed by atoms with Crippen molar-refractivity contribution in [2.45, 2.75) is 25.8 Å². The minimum atomic E-state index is 0.694. The van der Waals surface area contributed by atoms with E-state index in [4.69, 9.17) is 0 Å². The maximum atomic E-state index is 3.75. The van der Waals surface area contributed by atoms with Gasteiger partial charge in [-0.3, -0.25) is 0 Å². The molecule has 2 bridgehead atoms. The number of anilines is 1. The van der Waals surface area contributed by atoms with Gasteiger partial charge in [0.2, 0.25) is 0 Å². The zero-order chi connectivity index (χ0) is 11.0. The van der Waals surface area contributed by atoms with Crippen LogP contribution in [0.5, 0.6) is 0 Å². The topological polar surface area (TPSA) is 15.3 Å². The van der Waals surface area contributed by atoms with E-state index in [1.54, 1.807) is 0 Å². The van der Waals surface area contributed by atoms with E-state index < -0.39 is 0 Å². The largest absolute Gasteiger partial charge is 0.382 e. The van der Waals surface area contributed by atoms with E-state index in [-0.39, 0.29) is 0 Å². The van der Waals surface area contributed by atoms with Gasteiger partial charge in [0.15, 0.2) is 0 Å². The van der Waals surface area contributed by atoms with Crippen LogP contribution in [0.3, 0.4) is 0 Å². The molecular weight excluding hydrogens is 196 g/mol. The van der Waals surface area contributed by atoms with Crippen molar-refractivity contribution in [1.29, 1.82) is 0 Å². The molecule has 16 heavy (non-hydrogen) atoms. The van der Waals surface area contributed by atoms with E-state index in [0.717, 1.165) is 5.92 Å². The Bertz CT molecular complexity index is 375. The molecule has 2 fully saturated rings. The monoisotopic (exact) mass is 216 g/mol. The van der Waals surface area contributed by atoms with E-state index >= 15 is 0 Å². The van der Waals surface area contributed by atoms with Gasteiger partial charge in [-0.1, -0.05) is 18.2 Å². The van der Waals surface area contributed by atoms with Crippen LogP contribution in [-0.2, 0) is 0 Å². The van der Waals surface area contributed by atoms with Crippen molar-refractivity contribution >= 4 is 5.69 Å². The van der Waals surface area contributed by atoms with Gasteiger partial charge in [0.25, 0.3) is 0 Å². The van der Waals surface area contributed by atoms with Crippen molar-refractivity contribution in [3.8, 4) is 0 Å². The van der Waals surface area contributed by atoms with Crippen molar-refractivity contribution < 1.29 is 0 Å². The Morgan fingerprint density at radius 3 is 2.88 bits per heavy atom. The summed E-state index contributed by atoms with van der Waals surface area (Å²) in [6, 6.07) is 9.32. The average molecular weight is 216 g/mol. The van der Waals surface area contributed by atoms with E-state index in [2.05, 4.69) is 41.4 Å². The molecule has 0 spiro atoms. The number of nitrogens with zero attached hydrogens (tertiary/aromatic N) is 1. The van der Waals surface area contributed by atoms with Crippen LogP contribution in [0.25, 0.3) is 0 Å². The third-order valence-electron chi connectivity index (χ3n) is 4.12. The first-order valence-corrected chi connectivity index (χ1v) is 6.37. The quantitative estimate of drug-likeness (QED) is 0.817. The first-order valence-electron chi connectivity index (χ1n) is 6.37. The number of benzene rings is 1. The Balaban J connectivity index is 1.73. The summed E-state index contributed by atoms with van der Waals surface area (Å²) in [7, 11) is 0. The van der Waals surface area contributed by atoms with Crippen molar-refractivity contribution in [3.63, 3.8) is 0 Å². The third-order valence-corrected chi connectivity index (χ3v) is 4.12. The standard InChI is InChI=1S/C14H20N2/c1-11-4-2-3-5-13(11)15-14-7-9-16-8-6-12(14)10-16/h2-5,12,14-15H,6-10H2,1H3. The number of aryl methyl sites for hydroxylation is 1. The second kappa shape index (κ2) is 4.10. The molecule has 1 aromatic carbocycles. The summed E-state index contributed by atoms with van der Waals surface area (Å²) in [5.41, 5.74) is 2.69. The molecule has 0 aromatic heterocycles. The lowest BCUT2D eigenvalue weighted by atomic mass is 9.93. The van der Waals surface area contributed by atoms with Crippen LogP contribution < -0.4 is 5.32 Å². The molecule has 1 aromatic rings. The van der Waals surface area contributed by atoms with Crippen molar-refractivity contribution in [2.75, 3.05) is 25.0 Å². The fourth-order valence-electron chi connectivity index (χ4n) is 3.08. The fraction of sp³-hybridized carbons (Fsp3) is 0.571. The van der Waals surface area contributed by atoms with Crippen LogP contribution in [0.15, 0.2) is 24.3 Å². The third kappa shape index (κ3) is 1.82. The van der Waals surface area contributed by atoms with Gasteiger partial charge < -0.3 is 10.2 Å². The van der Waals surface area contributed by atoms with E-state index in [1.807, 2.05) is 0 Å². The Labute approximate surface area is 97.6 Å². The van der Waals surface area contributed by atoms with Crippen LogP contribution in [0.1, 0.15) is 18.4 Å². The van der Waals surface area contributed by atoms with Gasteiger partial charge in [-0.05, 0) is 43.9 Å². The maximum absolute atomic E-state index is 3.75. The van der Waals surface area contributed by atoms with Gasteiger partial charge in [-0.15, -0.1) is 0 Å². The van der Waals surface area contributed by atoms with Crippen molar-refractivity contribution in [2.24, 2.45) is 5.92 Å². The first kappa shape index (κ1) is 10.2. The molecule has 3 unspecified atom stereocenters. The zero-order valence-electron chi connectivity index (χ0n) is 9.95. The molecule has 0 radical (unpaired) electrons. The van der Waals surface area contributed by atoms with Gasteiger partial charge in [0.1, 0.15) is 0 Å². The number of nitrogens with one attached hydrogen (secondary N) is 1. The minimum Gasteiger partial charge on any atom is -0.382 e. The molecule has 3 atom stereocenters. The zero-order valence-corrected chi connectivity index (χ0v) is 9.95. The number of fused-ring (bicyclic) bond motifs is 2. The minimum absolute atomic E-state index is 0.694. The molecule has 2 aliphatic heterocycles. The molecule has 0 saturated carbocycles. The highest BCUT2D eigenvalue weighted by Gasteiger charge is 2.34. The predicted molar refractivity (Wildman–Crippen MR) is 67.8 cm³/mol. The van der Waals surface area contributed by atoms with Crippen LogP contribution in [-0.4, -0.2) is 30.6 Å². The molecule has 2 aliphatic rings. The summed E-state index contributed by atoms with van der Waals surface area (Å²) in [6.45, 7) is 6.09. The highest BCUT2D eigenvalue weighted by molar-refractivity contribution is 5.51. The number of piperidine rings is 1. The summed E-state index contributed by atoms with van der Waals surface area (Å²) in [5.74, 6) is 0.869. The smallest absolute Gasteiger partial charge is 0.0372 e. The fourth-order valence-corrected chi connectivity index (χ4v) is 3.08. The van der Waals surface area contributed by atoms with E-state index in [9.17, 15) is 0 Å². The summed E-state index contributed by atoms with van der Waals surface area (Å²) in [4.78, 5) is 2.60. The molecule has 2 heterocycles. The molecule has 2 nitrogen and oxygen atoms in total. The molecule has 1 N–H and O–H groups in total. The van der Waals surface area contributed by atoms with Crippen molar-refractivity contribution in [1.82, 2.24) is 4.90 Å². The predicted octanol–water partition coefficient (Wildman–Crippen LogP) is 2.50. The normalized spacial score (nSPS) is 32.7. The highest BCUT2D eigenvalue weighted by Crippen LogP contribution is 2.30. The Morgan fingerprint density at radius 2 is 2.00 bits per heavy atom.